The Morgan fingerprint density at radius 1 is 1.44 bits per heavy atom. The second kappa shape index (κ2) is 6.01. The minimum absolute atomic E-state index is 0.256. The first-order chi connectivity index (χ1) is 8.72. The molecule has 1 aromatic rings. The lowest BCUT2D eigenvalue weighted by atomic mass is 10.0. The molecule has 1 atom stereocenters. The molecule has 0 radical (unpaired) electrons. The van der Waals surface area contributed by atoms with Crippen LogP contribution in [-0.2, 0) is 11.2 Å². The molecule has 18 heavy (non-hydrogen) atoms. The van der Waals surface area contributed by atoms with Crippen molar-refractivity contribution >= 4 is 5.91 Å². The summed E-state index contributed by atoms with van der Waals surface area (Å²) in [6, 6.07) is 8.54. The summed E-state index contributed by atoms with van der Waals surface area (Å²) in [6.45, 7) is 3.57. The van der Waals surface area contributed by atoms with Gasteiger partial charge in [-0.2, -0.15) is 0 Å². The predicted molar refractivity (Wildman–Crippen MR) is 73.3 cm³/mol. The molecular weight excluding hydrogens is 224 g/mol. The maximum atomic E-state index is 12.2. The number of nitrogens with two attached hydrogens (primary N) is 1. The van der Waals surface area contributed by atoms with E-state index in [4.69, 9.17) is 5.73 Å². The van der Waals surface area contributed by atoms with Gasteiger partial charge in [0.2, 0.25) is 5.91 Å². The van der Waals surface area contributed by atoms with Crippen molar-refractivity contribution in [3.63, 3.8) is 0 Å². The van der Waals surface area contributed by atoms with Crippen molar-refractivity contribution in [2.45, 2.75) is 38.6 Å². The van der Waals surface area contributed by atoms with Gasteiger partial charge in [-0.25, -0.2) is 0 Å². The van der Waals surface area contributed by atoms with Crippen LogP contribution in [-0.4, -0.2) is 29.9 Å². The van der Waals surface area contributed by atoms with E-state index in [0.717, 1.165) is 25.8 Å². The zero-order valence-electron chi connectivity index (χ0n) is 11.1. The molecule has 0 spiro atoms. The molecule has 1 saturated heterocycles. The predicted octanol–water partition coefficient (Wildman–Crippen LogP) is 1.88. The number of carbonyl (C=O) groups excluding carboxylic acids is 1. The first-order valence-corrected chi connectivity index (χ1v) is 6.76. The quantitative estimate of drug-likeness (QED) is 0.881. The zero-order chi connectivity index (χ0) is 13.0. The van der Waals surface area contributed by atoms with Crippen LogP contribution in [0.4, 0.5) is 0 Å². The lowest BCUT2D eigenvalue weighted by Crippen LogP contribution is -2.40. The second-order valence-corrected chi connectivity index (χ2v) is 5.05. The van der Waals surface area contributed by atoms with E-state index < -0.39 is 0 Å². The number of amides is 1. The SMILES string of the molecule is Cc1ccccc1CCC(=O)N1CCC[C@@H]1CN. The first kappa shape index (κ1) is 13.1. The van der Waals surface area contributed by atoms with Gasteiger partial charge in [0.1, 0.15) is 0 Å². The van der Waals surface area contributed by atoms with Crippen molar-refractivity contribution in [3.05, 3.63) is 35.4 Å². The van der Waals surface area contributed by atoms with Crippen LogP contribution >= 0.6 is 0 Å². The summed E-state index contributed by atoms with van der Waals surface area (Å²) in [4.78, 5) is 14.1. The highest BCUT2D eigenvalue weighted by atomic mass is 16.2. The lowest BCUT2D eigenvalue weighted by molar-refractivity contribution is -0.131. The van der Waals surface area contributed by atoms with Gasteiger partial charge >= 0.3 is 0 Å². The summed E-state index contributed by atoms with van der Waals surface area (Å²) in [5.74, 6) is 0.256. The molecule has 3 nitrogen and oxygen atoms in total. The van der Waals surface area contributed by atoms with Crippen LogP contribution in [0.2, 0.25) is 0 Å². The summed E-state index contributed by atoms with van der Waals surface area (Å²) in [5, 5.41) is 0. The van der Waals surface area contributed by atoms with Gasteiger partial charge in [-0.3, -0.25) is 4.79 Å². The number of likely N-dealkylation sites (tertiary alicyclic amines) is 1. The van der Waals surface area contributed by atoms with E-state index in [1.165, 1.54) is 11.1 Å². The number of benzene rings is 1. The molecule has 0 aliphatic carbocycles. The molecule has 2 N–H and O–H groups in total. The number of nitrogens with zero attached hydrogens (tertiary/aromatic N) is 1. The van der Waals surface area contributed by atoms with E-state index in [9.17, 15) is 4.79 Å². The third-order valence-corrected chi connectivity index (χ3v) is 3.84. The standard InChI is InChI=1S/C15H22N2O/c1-12-5-2-3-6-13(12)8-9-15(18)17-10-4-7-14(17)11-16/h2-3,5-6,14H,4,7-11,16H2,1H3/t14-/m1/s1. The summed E-state index contributed by atoms with van der Waals surface area (Å²) >= 11 is 0. The van der Waals surface area contributed by atoms with E-state index >= 15 is 0 Å². The van der Waals surface area contributed by atoms with Crippen molar-refractivity contribution in [1.29, 1.82) is 0 Å². The van der Waals surface area contributed by atoms with Crippen LogP contribution in [0.3, 0.4) is 0 Å². The van der Waals surface area contributed by atoms with Crippen LogP contribution < -0.4 is 5.73 Å². The molecular formula is C15H22N2O. The van der Waals surface area contributed by atoms with Crippen LogP contribution in [0.25, 0.3) is 0 Å². The molecule has 1 aliphatic rings. The molecule has 0 bridgehead atoms. The summed E-state index contributed by atoms with van der Waals surface area (Å²) < 4.78 is 0. The Labute approximate surface area is 109 Å². The highest BCUT2D eigenvalue weighted by Gasteiger charge is 2.26. The van der Waals surface area contributed by atoms with Crippen molar-refractivity contribution in [2.75, 3.05) is 13.1 Å². The minimum atomic E-state index is 0.256. The van der Waals surface area contributed by atoms with Gasteiger partial charge in [0.05, 0.1) is 0 Å². The maximum absolute atomic E-state index is 12.2. The smallest absolute Gasteiger partial charge is 0.223 e. The molecule has 1 heterocycles. The molecule has 98 valence electrons. The van der Waals surface area contributed by atoms with E-state index in [-0.39, 0.29) is 11.9 Å². The van der Waals surface area contributed by atoms with E-state index in [0.29, 0.717) is 13.0 Å². The fourth-order valence-electron chi connectivity index (χ4n) is 2.68. The third kappa shape index (κ3) is 2.91. The molecule has 3 heteroatoms. The monoisotopic (exact) mass is 246 g/mol. The largest absolute Gasteiger partial charge is 0.338 e. The number of hydrogen-bond donors (Lipinski definition) is 1. The molecule has 0 unspecified atom stereocenters. The normalized spacial score (nSPS) is 19.2. The fourth-order valence-corrected chi connectivity index (χ4v) is 2.68. The highest BCUT2D eigenvalue weighted by Crippen LogP contribution is 2.18. The molecule has 0 aromatic heterocycles. The second-order valence-electron chi connectivity index (χ2n) is 5.05. The van der Waals surface area contributed by atoms with E-state index in [2.05, 4.69) is 19.1 Å². The van der Waals surface area contributed by atoms with Crippen LogP contribution in [0, 0.1) is 6.92 Å². The van der Waals surface area contributed by atoms with E-state index in [1.807, 2.05) is 17.0 Å². The van der Waals surface area contributed by atoms with Crippen molar-refractivity contribution in [3.8, 4) is 0 Å². The molecule has 1 amide bonds. The molecule has 1 fully saturated rings. The molecule has 1 aliphatic heterocycles. The summed E-state index contributed by atoms with van der Waals surface area (Å²) in [6.07, 6.45) is 3.59. The Hall–Kier alpha value is -1.35. The number of aryl methyl sites for hydroxylation is 2. The van der Waals surface area contributed by atoms with Crippen LogP contribution in [0.5, 0.6) is 0 Å². The Balaban J connectivity index is 1.90. The lowest BCUT2D eigenvalue weighted by Gasteiger charge is -2.23. The Kier molecular flexibility index (Phi) is 4.37. The zero-order valence-corrected chi connectivity index (χ0v) is 11.1. The van der Waals surface area contributed by atoms with Crippen molar-refractivity contribution < 1.29 is 4.79 Å². The average molecular weight is 246 g/mol. The van der Waals surface area contributed by atoms with E-state index in [1.54, 1.807) is 0 Å². The van der Waals surface area contributed by atoms with Gasteiger partial charge in [-0.15, -0.1) is 0 Å². The van der Waals surface area contributed by atoms with Gasteiger partial charge in [-0.1, -0.05) is 24.3 Å². The van der Waals surface area contributed by atoms with Crippen LogP contribution in [0.1, 0.15) is 30.4 Å². The van der Waals surface area contributed by atoms with Gasteiger partial charge in [0, 0.05) is 25.6 Å². The summed E-state index contributed by atoms with van der Waals surface area (Å²) in [5.41, 5.74) is 8.24. The van der Waals surface area contributed by atoms with Gasteiger partial charge in [0.25, 0.3) is 0 Å². The molecule has 2 rings (SSSR count). The summed E-state index contributed by atoms with van der Waals surface area (Å²) in [7, 11) is 0. The maximum Gasteiger partial charge on any atom is 0.223 e. The minimum Gasteiger partial charge on any atom is -0.338 e. The fraction of sp³-hybridized carbons (Fsp3) is 0.533. The Morgan fingerprint density at radius 3 is 2.94 bits per heavy atom. The number of carbonyl (C=O) groups is 1. The van der Waals surface area contributed by atoms with Crippen LogP contribution in [0.15, 0.2) is 24.3 Å². The van der Waals surface area contributed by atoms with Gasteiger partial charge in [0.15, 0.2) is 0 Å². The molecule has 0 saturated carbocycles. The van der Waals surface area contributed by atoms with Crippen molar-refractivity contribution in [1.82, 2.24) is 4.90 Å². The highest BCUT2D eigenvalue weighted by molar-refractivity contribution is 5.77. The first-order valence-electron chi connectivity index (χ1n) is 6.76. The third-order valence-electron chi connectivity index (χ3n) is 3.84. The van der Waals surface area contributed by atoms with Gasteiger partial charge < -0.3 is 10.6 Å². The average Bonchev–Trinajstić information content (AvgIpc) is 2.86. The van der Waals surface area contributed by atoms with Crippen molar-refractivity contribution in [2.24, 2.45) is 5.73 Å². The number of rotatable bonds is 4. The Morgan fingerprint density at radius 2 is 2.22 bits per heavy atom. The topological polar surface area (TPSA) is 46.3 Å². The van der Waals surface area contributed by atoms with Gasteiger partial charge in [-0.05, 0) is 37.3 Å². The molecule has 1 aromatic carbocycles. The number of hydrogen-bond acceptors (Lipinski definition) is 2. The Bertz CT molecular complexity index is 417.